The summed E-state index contributed by atoms with van der Waals surface area (Å²) >= 11 is 0. The van der Waals surface area contributed by atoms with Gasteiger partial charge < -0.3 is 59.1 Å². The van der Waals surface area contributed by atoms with E-state index in [1.165, 1.54) is 0 Å². The zero-order valence-corrected chi connectivity index (χ0v) is 58.3. The molecular formula is C75H122O17. The summed E-state index contributed by atoms with van der Waals surface area (Å²) in [6.07, 6.45) is 36.7. The van der Waals surface area contributed by atoms with E-state index >= 15 is 0 Å². The van der Waals surface area contributed by atoms with Crippen LogP contribution in [0.2, 0.25) is 0 Å². The number of carboxylic acid groups (broad SMARTS) is 2. The van der Waals surface area contributed by atoms with Gasteiger partial charge in [0.15, 0.2) is 0 Å². The maximum absolute atomic E-state index is 12.4. The highest BCUT2D eigenvalue weighted by molar-refractivity contribution is 5.79. The third-order valence-corrected chi connectivity index (χ3v) is 18.0. The molecule has 6 fully saturated rings. The highest BCUT2D eigenvalue weighted by atomic mass is 16.7. The first-order valence-corrected chi connectivity index (χ1v) is 35.3. The van der Waals surface area contributed by atoms with E-state index in [4.69, 9.17) is 38.6 Å². The molecule has 3 saturated heterocycles. The second-order valence-electron chi connectivity index (χ2n) is 30.0. The van der Waals surface area contributed by atoms with Gasteiger partial charge in [-0.3, -0.25) is 19.2 Å². The maximum atomic E-state index is 12.4. The molecule has 3 aliphatic carbocycles. The fourth-order valence-electron chi connectivity index (χ4n) is 13.2. The second kappa shape index (κ2) is 39.8. The molecule has 17 heteroatoms. The smallest absolute Gasteiger partial charge is 0.495 e. The maximum Gasteiger partial charge on any atom is 0.509 e. The van der Waals surface area contributed by atoms with Crippen LogP contribution in [-0.4, -0.2) is 121 Å². The Labute approximate surface area is 552 Å². The molecule has 6 aliphatic rings. The Hall–Kier alpha value is -4.97. The quantitative estimate of drug-likeness (QED) is 0.0203. The molecule has 0 radical (unpaired) electrons. The molecule has 3 saturated carbocycles. The third kappa shape index (κ3) is 29.8. The number of aliphatic hydroxyl groups is 4. The van der Waals surface area contributed by atoms with Crippen molar-refractivity contribution in [3.05, 3.63) is 72.0 Å². The first-order valence-electron chi connectivity index (χ1n) is 35.3. The van der Waals surface area contributed by atoms with E-state index in [9.17, 15) is 44.4 Å². The van der Waals surface area contributed by atoms with Crippen LogP contribution in [0.4, 0.5) is 4.79 Å². The zero-order valence-electron chi connectivity index (χ0n) is 58.3. The Balaban J connectivity index is 0.000000295. The van der Waals surface area contributed by atoms with Crippen molar-refractivity contribution < 1.29 is 83.0 Å². The molecule has 0 unspecified atom stereocenters. The third-order valence-electron chi connectivity index (χ3n) is 18.0. The van der Waals surface area contributed by atoms with Crippen molar-refractivity contribution in [2.75, 3.05) is 0 Å². The molecular weight excluding hydrogens is 1170 g/mol. The van der Waals surface area contributed by atoms with Crippen molar-refractivity contribution in [3.63, 3.8) is 0 Å². The Morgan fingerprint density at radius 2 is 0.880 bits per heavy atom. The average Bonchev–Trinajstić information content (AvgIpc) is 1.70. The monoisotopic (exact) mass is 1290 g/mol. The fourth-order valence-corrected chi connectivity index (χ4v) is 13.2. The molecule has 6 N–H and O–H groups in total. The van der Waals surface area contributed by atoms with Gasteiger partial charge in [0.05, 0.1) is 47.1 Å². The minimum atomic E-state index is -0.789. The number of aliphatic carboxylic acids is 2. The number of rotatable bonds is 33. The van der Waals surface area contributed by atoms with E-state index in [1.54, 1.807) is 20.8 Å². The number of carboxylic acids is 2. The van der Waals surface area contributed by atoms with Gasteiger partial charge in [-0.15, -0.1) is 0 Å². The lowest BCUT2D eigenvalue weighted by atomic mass is 9.88. The summed E-state index contributed by atoms with van der Waals surface area (Å²) in [6, 6.07) is 0. The Bertz CT molecular complexity index is 2430. The Morgan fingerprint density at radius 3 is 1.24 bits per heavy atom. The summed E-state index contributed by atoms with van der Waals surface area (Å²) in [5.74, 6) is 1.98. The Morgan fingerprint density at radius 1 is 0.511 bits per heavy atom. The van der Waals surface area contributed by atoms with Crippen LogP contribution < -0.4 is 0 Å². The Kier molecular flexibility index (Phi) is 34.4. The van der Waals surface area contributed by atoms with Gasteiger partial charge in [0, 0.05) is 99.7 Å². The van der Waals surface area contributed by atoms with Crippen LogP contribution in [0.5, 0.6) is 0 Å². The summed E-state index contributed by atoms with van der Waals surface area (Å²) in [5.41, 5.74) is -1.10. The number of ether oxygens (including phenoxy) is 6. The topological polar surface area (TPSA) is 262 Å². The van der Waals surface area contributed by atoms with E-state index in [0.717, 1.165) is 120 Å². The summed E-state index contributed by atoms with van der Waals surface area (Å²) in [6.45, 7) is 23.7. The highest BCUT2D eigenvalue weighted by Gasteiger charge is 2.49. The number of Topliss-reactive ketones (excluding diaryl/α,β-unsaturated/α-hetero) is 1. The van der Waals surface area contributed by atoms with Crippen molar-refractivity contribution in [2.24, 2.45) is 46.3 Å². The number of esters is 1. The molecule has 92 heavy (non-hydrogen) atoms. The fraction of sp³-hybridized carbons (Fsp3) is 0.773. The lowest BCUT2D eigenvalue weighted by Gasteiger charge is -2.22. The minimum Gasteiger partial charge on any atom is -0.495 e. The molecule has 15 atom stereocenters. The van der Waals surface area contributed by atoms with Crippen molar-refractivity contribution in [1.29, 1.82) is 0 Å². The molecule has 524 valence electrons. The van der Waals surface area contributed by atoms with Crippen LogP contribution in [0.1, 0.15) is 263 Å². The average molecular weight is 1300 g/mol. The number of fused-ring (bicyclic) bond motifs is 3. The van der Waals surface area contributed by atoms with Gasteiger partial charge in [-0.2, -0.15) is 0 Å². The van der Waals surface area contributed by atoms with Gasteiger partial charge in [-0.05, 0) is 148 Å². The van der Waals surface area contributed by atoms with Gasteiger partial charge in [-0.25, -0.2) is 4.79 Å². The lowest BCUT2D eigenvalue weighted by Crippen LogP contribution is -2.28. The summed E-state index contributed by atoms with van der Waals surface area (Å²) in [7, 11) is 0. The number of unbranched alkanes of at least 4 members (excludes halogenated alkanes) is 9. The van der Waals surface area contributed by atoms with Crippen molar-refractivity contribution in [1.82, 2.24) is 0 Å². The largest absolute Gasteiger partial charge is 0.509 e. The number of carbonyl (C=O) groups excluding carboxylic acids is 3. The highest BCUT2D eigenvalue weighted by Crippen LogP contribution is 2.48. The molecule has 0 aromatic carbocycles. The molecule has 0 aromatic rings. The van der Waals surface area contributed by atoms with E-state index in [-0.39, 0.29) is 90.3 Å². The van der Waals surface area contributed by atoms with Crippen LogP contribution in [-0.2, 0) is 47.6 Å². The molecule has 0 aromatic heterocycles. The van der Waals surface area contributed by atoms with E-state index in [0.29, 0.717) is 70.0 Å². The van der Waals surface area contributed by atoms with Gasteiger partial charge in [0.1, 0.15) is 41.9 Å². The van der Waals surface area contributed by atoms with E-state index in [2.05, 4.69) is 47.6 Å². The number of allylic oxidation sites excluding steroid dienone is 6. The first kappa shape index (κ1) is 79.5. The predicted molar refractivity (Wildman–Crippen MR) is 358 cm³/mol. The van der Waals surface area contributed by atoms with Crippen LogP contribution in [0.25, 0.3) is 0 Å². The second-order valence-corrected chi connectivity index (χ2v) is 30.0. The molecule has 6 rings (SSSR count). The SMILES string of the molecule is CCCCC[C@@H](/C=C/[C@@H]1[C@H]2C/C(=C/CCCC(=O)O)O[C@H]2C[C@H]1O)OC(=O)C(C)(C)C.CCCCC[C@@H](/C=C/[C@@H]1[C@H]2C/C(=C/CCCC(=O)O)O[C@H]2C[C@H]1O)OC(=O)OC(C)(C)C.CCCCC[C@H](O)/C=C/[C@@H]1[C@H]2C/C(=C/CCCC(=O)CC(C)(C)C)O[C@H]2C[C@H]1O. The van der Waals surface area contributed by atoms with Crippen LogP contribution >= 0.6 is 0 Å². The molecule has 0 spiro atoms. The lowest BCUT2D eigenvalue weighted by molar-refractivity contribution is -0.156. The van der Waals surface area contributed by atoms with Crippen LogP contribution in [0.3, 0.4) is 0 Å². The number of hydrogen-bond donors (Lipinski definition) is 6. The predicted octanol–water partition coefficient (Wildman–Crippen LogP) is 15.7. The summed E-state index contributed by atoms with van der Waals surface area (Å²) < 4.78 is 34.8. The number of carbonyl (C=O) groups is 5. The van der Waals surface area contributed by atoms with Gasteiger partial charge in [0.25, 0.3) is 0 Å². The molecule has 3 heterocycles. The van der Waals surface area contributed by atoms with Crippen LogP contribution in [0, 0.1) is 46.3 Å². The summed E-state index contributed by atoms with van der Waals surface area (Å²) in [4.78, 5) is 57.8. The van der Waals surface area contributed by atoms with Gasteiger partial charge in [-0.1, -0.05) is 111 Å². The molecule has 17 nitrogen and oxygen atoms in total. The number of hydrogen-bond acceptors (Lipinski definition) is 15. The van der Waals surface area contributed by atoms with Crippen molar-refractivity contribution in [2.45, 2.75) is 323 Å². The number of ketones is 1. The standard InChI is InChI=1S/C25H40O7.C25H40O6.C25H42O4/c1-5-6-7-10-17(31-24(29)32-25(2,3)4)13-14-19-20-15-18(11-8-9-12-23(27)28)30-22(20)16-21(19)26;1-5-6-7-10-17(31-24(29)25(2,3)4)13-14-19-20-15-18(11-8-9-12-23(27)28)30-22(20)16-21(19)26;1-5-6-7-10-18(26)13-14-21-22-15-20(29-24(22)16-23(21)28)12-9-8-11-19(27)17-25(2,3)4/h11,13-14,17,19-22,26H,5-10,12,15-16H2,1-4H3,(H,27,28);11,13-14,17,19-22,26H,5-10,12,15-16H2,1-4H3,(H,27,28);12-14,18,21-24,26,28H,5-11,15-17H2,1-4H3/b2*14-13+,18-11-;14-13+,20-12-/t2*17-,19+,20+,21+,22-;18-,21+,22+,23+,24-/m000/s1. The van der Waals surface area contributed by atoms with Gasteiger partial charge >= 0.3 is 24.1 Å². The minimum absolute atomic E-state index is 0.00830. The first-order chi connectivity index (χ1) is 43.4. The molecule has 0 amide bonds. The van der Waals surface area contributed by atoms with E-state index in [1.807, 2.05) is 69.4 Å². The zero-order chi connectivity index (χ0) is 68.2. The van der Waals surface area contributed by atoms with Crippen LogP contribution in [0.15, 0.2) is 72.0 Å². The van der Waals surface area contributed by atoms with Crippen molar-refractivity contribution in [3.8, 4) is 0 Å². The molecule has 0 bridgehead atoms. The normalized spacial score (nSPS) is 28.2. The summed E-state index contributed by atoms with van der Waals surface area (Å²) in [5, 5.41) is 59.2. The van der Waals surface area contributed by atoms with E-state index < -0.39 is 53.5 Å². The molecule has 3 aliphatic heterocycles. The van der Waals surface area contributed by atoms with Gasteiger partial charge in [0.2, 0.25) is 0 Å². The van der Waals surface area contributed by atoms with Crippen molar-refractivity contribution >= 4 is 29.8 Å². The number of aliphatic hydroxyl groups excluding tert-OH is 4.